The molecule has 0 atom stereocenters. The minimum atomic E-state index is -0.233. The van der Waals surface area contributed by atoms with Gasteiger partial charge in [-0.25, -0.2) is 0 Å². The molecule has 3 amide bonds. The number of hydrogen-bond donors (Lipinski definition) is 0. The van der Waals surface area contributed by atoms with E-state index in [1.807, 2.05) is 6.07 Å². The summed E-state index contributed by atoms with van der Waals surface area (Å²) in [6.45, 7) is 0.712. The molecular weight excluding hydrogens is 282 g/mol. The molecule has 6 heteroatoms. The number of hydrogen-bond acceptors (Lipinski definition) is 3. The van der Waals surface area contributed by atoms with Crippen molar-refractivity contribution in [2.24, 2.45) is 0 Å². The summed E-state index contributed by atoms with van der Waals surface area (Å²) >= 11 is 0. The monoisotopic (exact) mass is 303 g/mol. The second kappa shape index (κ2) is 6.60. The molecule has 1 aromatic carbocycles. The van der Waals surface area contributed by atoms with E-state index in [0.717, 1.165) is 12.1 Å². The molecule has 0 unspecified atom stereocenters. The van der Waals surface area contributed by atoms with Gasteiger partial charge in [0.25, 0.3) is 5.91 Å². The molecule has 22 heavy (non-hydrogen) atoms. The Bertz CT molecular complexity index is 598. The molecular formula is C16H21N3O3. The van der Waals surface area contributed by atoms with Gasteiger partial charge in [-0.05, 0) is 24.6 Å². The number of carbonyl (C=O) groups excluding carboxylic acids is 3. The SMILES string of the molecule is CN(C)C(=O)CN(C)C(=O)c1cccc(N2CCCC2=O)c1. The van der Waals surface area contributed by atoms with Crippen LogP contribution in [0, 0.1) is 0 Å². The molecule has 6 nitrogen and oxygen atoms in total. The van der Waals surface area contributed by atoms with Gasteiger partial charge in [0.1, 0.15) is 0 Å². The standard InChI is InChI=1S/C16H21N3O3/c1-17(2)15(21)11-18(3)16(22)12-6-4-7-13(10-12)19-9-5-8-14(19)20/h4,6-7,10H,5,8-9,11H2,1-3H3. The van der Waals surface area contributed by atoms with E-state index in [1.165, 1.54) is 9.80 Å². The second-order valence-corrected chi connectivity index (χ2v) is 5.65. The van der Waals surface area contributed by atoms with E-state index in [9.17, 15) is 14.4 Å². The fourth-order valence-corrected chi connectivity index (χ4v) is 2.36. The van der Waals surface area contributed by atoms with Crippen molar-refractivity contribution < 1.29 is 14.4 Å². The van der Waals surface area contributed by atoms with Crippen LogP contribution in [0.1, 0.15) is 23.2 Å². The van der Waals surface area contributed by atoms with Crippen molar-refractivity contribution in [1.82, 2.24) is 9.80 Å². The van der Waals surface area contributed by atoms with Crippen LogP contribution in [-0.4, -0.2) is 61.8 Å². The Morgan fingerprint density at radius 3 is 2.55 bits per heavy atom. The summed E-state index contributed by atoms with van der Waals surface area (Å²) in [5, 5.41) is 0. The molecule has 0 aromatic heterocycles. The first-order chi connectivity index (χ1) is 10.4. The van der Waals surface area contributed by atoms with Crippen LogP contribution in [-0.2, 0) is 9.59 Å². The number of rotatable bonds is 4. The molecule has 0 radical (unpaired) electrons. The highest BCUT2D eigenvalue weighted by Crippen LogP contribution is 2.22. The lowest BCUT2D eigenvalue weighted by molar-refractivity contribution is -0.129. The van der Waals surface area contributed by atoms with Crippen LogP contribution in [0.2, 0.25) is 0 Å². The van der Waals surface area contributed by atoms with Gasteiger partial charge in [-0.2, -0.15) is 0 Å². The maximum atomic E-state index is 12.4. The van der Waals surface area contributed by atoms with Gasteiger partial charge >= 0.3 is 0 Å². The lowest BCUT2D eigenvalue weighted by atomic mass is 10.1. The van der Waals surface area contributed by atoms with Gasteiger partial charge in [0, 0.05) is 45.4 Å². The minimum absolute atomic E-state index is 0.0265. The number of benzene rings is 1. The van der Waals surface area contributed by atoms with Crippen LogP contribution in [0.25, 0.3) is 0 Å². The van der Waals surface area contributed by atoms with Crippen LogP contribution in [0.3, 0.4) is 0 Å². The van der Waals surface area contributed by atoms with Gasteiger partial charge in [-0.3, -0.25) is 14.4 Å². The molecule has 0 spiro atoms. The molecule has 1 aliphatic heterocycles. The number of carbonyl (C=O) groups is 3. The van der Waals surface area contributed by atoms with Crippen LogP contribution >= 0.6 is 0 Å². The minimum Gasteiger partial charge on any atom is -0.347 e. The second-order valence-electron chi connectivity index (χ2n) is 5.65. The van der Waals surface area contributed by atoms with Gasteiger partial charge < -0.3 is 14.7 Å². The van der Waals surface area contributed by atoms with Gasteiger partial charge in [0.15, 0.2) is 0 Å². The van der Waals surface area contributed by atoms with Crippen LogP contribution in [0.4, 0.5) is 5.69 Å². The average Bonchev–Trinajstić information content (AvgIpc) is 2.92. The van der Waals surface area contributed by atoms with E-state index in [-0.39, 0.29) is 24.3 Å². The molecule has 118 valence electrons. The Kier molecular flexibility index (Phi) is 4.80. The molecule has 1 saturated heterocycles. The molecule has 0 saturated carbocycles. The van der Waals surface area contributed by atoms with Gasteiger partial charge in [-0.1, -0.05) is 6.07 Å². The molecule has 1 fully saturated rings. The Balaban J connectivity index is 2.13. The highest BCUT2D eigenvalue weighted by atomic mass is 16.2. The van der Waals surface area contributed by atoms with Crippen LogP contribution in [0.15, 0.2) is 24.3 Å². The van der Waals surface area contributed by atoms with E-state index in [1.54, 1.807) is 44.2 Å². The van der Waals surface area contributed by atoms with Gasteiger partial charge in [0.05, 0.1) is 6.54 Å². The zero-order valence-electron chi connectivity index (χ0n) is 13.2. The van der Waals surface area contributed by atoms with Crippen LogP contribution in [0.5, 0.6) is 0 Å². The summed E-state index contributed by atoms with van der Waals surface area (Å²) in [5.74, 6) is -0.286. The Morgan fingerprint density at radius 2 is 1.95 bits per heavy atom. The molecule has 1 aliphatic rings. The fourth-order valence-electron chi connectivity index (χ4n) is 2.36. The maximum absolute atomic E-state index is 12.4. The number of likely N-dealkylation sites (N-methyl/N-ethyl adjacent to an activating group) is 2. The van der Waals surface area contributed by atoms with Crippen molar-refractivity contribution in [3.63, 3.8) is 0 Å². The number of anilines is 1. The molecule has 0 aliphatic carbocycles. The van der Waals surface area contributed by atoms with E-state index < -0.39 is 0 Å². The highest BCUT2D eigenvalue weighted by molar-refractivity contribution is 5.99. The number of amides is 3. The smallest absolute Gasteiger partial charge is 0.254 e. The van der Waals surface area contributed by atoms with E-state index in [4.69, 9.17) is 0 Å². The van der Waals surface area contributed by atoms with Crippen LogP contribution < -0.4 is 4.90 Å². The van der Waals surface area contributed by atoms with Gasteiger partial charge in [0.2, 0.25) is 11.8 Å². The summed E-state index contributed by atoms with van der Waals surface area (Å²) in [7, 11) is 4.90. The molecule has 0 N–H and O–H groups in total. The molecule has 1 aromatic rings. The zero-order valence-corrected chi connectivity index (χ0v) is 13.2. The first kappa shape index (κ1) is 16.0. The predicted molar refractivity (Wildman–Crippen MR) is 83.7 cm³/mol. The van der Waals surface area contributed by atoms with E-state index >= 15 is 0 Å². The van der Waals surface area contributed by atoms with Crippen molar-refractivity contribution in [2.75, 3.05) is 39.1 Å². The Hall–Kier alpha value is -2.37. The average molecular weight is 303 g/mol. The predicted octanol–water partition coefficient (Wildman–Crippen LogP) is 0.974. The molecule has 1 heterocycles. The Labute approximate surface area is 130 Å². The van der Waals surface area contributed by atoms with E-state index in [0.29, 0.717) is 18.5 Å². The summed E-state index contributed by atoms with van der Waals surface area (Å²) in [6, 6.07) is 6.99. The lowest BCUT2D eigenvalue weighted by Crippen LogP contribution is -2.37. The van der Waals surface area contributed by atoms with Crippen molar-refractivity contribution in [2.45, 2.75) is 12.8 Å². The third-order valence-corrected chi connectivity index (χ3v) is 3.70. The maximum Gasteiger partial charge on any atom is 0.254 e. The van der Waals surface area contributed by atoms with Crippen molar-refractivity contribution in [1.29, 1.82) is 0 Å². The third kappa shape index (κ3) is 3.44. The lowest BCUT2D eigenvalue weighted by Gasteiger charge is -2.21. The van der Waals surface area contributed by atoms with Gasteiger partial charge in [-0.15, -0.1) is 0 Å². The zero-order chi connectivity index (χ0) is 16.3. The largest absolute Gasteiger partial charge is 0.347 e. The Morgan fingerprint density at radius 1 is 1.23 bits per heavy atom. The summed E-state index contributed by atoms with van der Waals surface area (Å²) in [6.07, 6.45) is 1.39. The molecule has 2 rings (SSSR count). The van der Waals surface area contributed by atoms with Crippen molar-refractivity contribution in [3.8, 4) is 0 Å². The number of nitrogens with zero attached hydrogens (tertiary/aromatic N) is 3. The van der Waals surface area contributed by atoms with Crippen molar-refractivity contribution in [3.05, 3.63) is 29.8 Å². The first-order valence-electron chi connectivity index (χ1n) is 7.26. The third-order valence-electron chi connectivity index (χ3n) is 3.70. The summed E-state index contributed by atoms with van der Waals surface area (Å²) in [4.78, 5) is 40.4. The first-order valence-corrected chi connectivity index (χ1v) is 7.26. The normalized spacial score (nSPS) is 14.1. The summed E-state index contributed by atoms with van der Waals surface area (Å²) < 4.78 is 0. The highest BCUT2D eigenvalue weighted by Gasteiger charge is 2.23. The fraction of sp³-hybridized carbons (Fsp3) is 0.438. The molecule has 0 bridgehead atoms. The van der Waals surface area contributed by atoms with E-state index in [2.05, 4.69) is 0 Å². The quantitative estimate of drug-likeness (QED) is 0.833. The van der Waals surface area contributed by atoms with Crippen molar-refractivity contribution >= 4 is 23.4 Å². The summed E-state index contributed by atoms with van der Waals surface area (Å²) in [5.41, 5.74) is 1.21. The topological polar surface area (TPSA) is 60.9 Å².